The number of hydrogen-bond acceptors (Lipinski definition) is 5. The van der Waals surface area contributed by atoms with Crippen molar-refractivity contribution >= 4 is 22.4 Å². The molecule has 0 saturated carbocycles. The zero-order valence-electron chi connectivity index (χ0n) is 12.8. The molecule has 1 atom stereocenters. The molecule has 2 aromatic rings. The molecule has 0 fully saturated rings. The minimum atomic E-state index is -0.214. The monoisotopic (exact) mass is 304 g/mol. The molecule has 1 N–H and O–H groups in total. The van der Waals surface area contributed by atoms with E-state index in [1.807, 2.05) is 12.3 Å². The predicted molar refractivity (Wildman–Crippen MR) is 86.7 cm³/mol. The van der Waals surface area contributed by atoms with Gasteiger partial charge in [-0.05, 0) is 31.0 Å². The van der Waals surface area contributed by atoms with Gasteiger partial charge in [-0.2, -0.15) is 0 Å². The molecule has 0 aliphatic heterocycles. The summed E-state index contributed by atoms with van der Waals surface area (Å²) in [6.07, 6.45) is 0. The van der Waals surface area contributed by atoms with Gasteiger partial charge >= 0.3 is 5.97 Å². The molecule has 0 bridgehead atoms. The molecule has 1 heterocycles. The van der Waals surface area contributed by atoms with Crippen LogP contribution in [0.15, 0.2) is 23.6 Å². The maximum absolute atomic E-state index is 11.3. The van der Waals surface area contributed by atoms with Crippen molar-refractivity contribution in [2.75, 3.05) is 19.0 Å². The van der Waals surface area contributed by atoms with Crippen LogP contribution in [0.2, 0.25) is 0 Å². The maximum Gasteiger partial charge on any atom is 0.310 e. The van der Waals surface area contributed by atoms with Crippen molar-refractivity contribution in [2.24, 2.45) is 5.92 Å². The van der Waals surface area contributed by atoms with Gasteiger partial charge in [0.15, 0.2) is 5.13 Å². The average Bonchev–Trinajstić information content (AvgIpc) is 2.95. The van der Waals surface area contributed by atoms with Crippen LogP contribution in [0.1, 0.15) is 18.1 Å². The van der Waals surface area contributed by atoms with Gasteiger partial charge in [0.2, 0.25) is 0 Å². The average molecular weight is 304 g/mol. The molecular formula is C16H20N2O2S. The highest BCUT2D eigenvalue weighted by Gasteiger charge is 2.13. The number of esters is 1. The molecule has 21 heavy (non-hydrogen) atoms. The summed E-state index contributed by atoms with van der Waals surface area (Å²) in [4.78, 5) is 15.9. The molecule has 0 spiro atoms. The van der Waals surface area contributed by atoms with Crippen LogP contribution in [-0.2, 0) is 9.53 Å². The number of rotatable bonds is 5. The second-order valence-corrected chi connectivity index (χ2v) is 6.00. The molecule has 1 aromatic heterocycles. The molecule has 2 rings (SSSR count). The molecule has 0 aliphatic rings. The normalized spacial score (nSPS) is 12.0. The Kier molecular flexibility index (Phi) is 4.96. The lowest BCUT2D eigenvalue weighted by Gasteiger charge is -2.09. The SMILES string of the molecule is COC(=O)C(C)CNc1nc(-c2ccc(C)c(C)c2)cs1. The Balaban J connectivity index is 2.04. The number of anilines is 1. The van der Waals surface area contributed by atoms with E-state index in [4.69, 9.17) is 4.74 Å². The number of benzene rings is 1. The highest BCUT2D eigenvalue weighted by molar-refractivity contribution is 7.14. The minimum absolute atomic E-state index is 0.191. The Morgan fingerprint density at radius 3 is 2.81 bits per heavy atom. The van der Waals surface area contributed by atoms with Crippen LogP contribution < -0.4 is 5.32 Å². The van der Waals surface area contributed by atoms with Crippen molar-refractivity contribution < 1.29 is 9.53 Å². The van der Waals surface area contributed by atoms with E-state index < -0.39 is 0 Å². The third-order valence-corrected chi connectivity index (χ3v) is 4.27. The number of aryl methyl sites for hydroxylation is 2. The standard InChI is InChI=1S/C16H20N2O2S/c1-10-5-6-13(7-11(10)2)14-9-21-16(18-14)17-8-12(3)15(19)20-4/h5-7,9,12H,8H2,1-4H3,(H,17,18). The van der Waals surface area contributed by atoms with E-state index >= 15 is 0 Å². The van der Waals surface area contributed by atoms with Crippen LogP contribution in [0.3, 0.4) is 0 Å². The lowest BCUT2D eigenvalue weighted by atomic mass is 10.1. The molecule has 0 radical (unpaired) electrons. The summed E-state index contributed by atoms with van der Waals surface area (Å²) in [6.45, 7) is 6.55. The first kappa shape index (κ1) is 15.5. The maximum atomic E-state index is 11.3. The molecule has 0 aliphatic carbocycles. The van der Waals surface area contributed by atoms with Gasteiger partial charge in [-0.25, -0.2) is 4.98 Å². The van der Waals surface area contributed by atoms with Gasteiger partial charge in [0.1, 0.15) is 0 Å². The zero-order valence-corrected chi connectivity index (χ0v) is 13.6. The largest absolute Gasteiger partial charge is 0.469 e. The first-order valence-corrected chi connectivity index (χ1v) is 7.74. The predicted octanol–water partition coefficient (Wildman–Crippen LogP) is 3.65. The summed E-state index contributed by atoms with van der Waals surface area (Å²) in [5.74, 6) is -0.405. The Hall–Kier alpha value is -1.88. The zero-order chi connectivity index (χ0) is 15.4. The Bertz CT molecular complexity index is 637. The van der Waals surface area contributed by atoms with Gasteiger partial charge in [-0.3, -0.25) is 4.79 Å². The molecular weight excluding hydrogens is 284 g/mol. The van der Waals surface area contributed by atoms with Crippen LogP contribution in [0.4, 0.5) is 5.13 Å². The molecule has 1 unspecified atom stereocenters. The number of nitrogens with zero attached hydrogens (tertiary/aromatic N) is 1. The first-order valence-electron chi connectivity index (χ1n) is 6.86. The number of methoxy groups -OCH3 is 1. The second kappa shape index (κ2) is 6.72. The molecule has 1 aromatic carbocycles. The molecule has 5 heteroatoms. The van der Waals surface area contributed by atoms with Gasteiger partial charge in [-0.1, -0.05) is 19.1 Å². The van der Waals surface area contributed by atoms with Crippen molar-refractivity contribution in [3.05, 3.63) is 34.7 Å². The summed E-state index contributed by atoms with van der Waals surface area (Å²) in [7, 11) is 1.40. The summed E-state index contributed by atoms with van der Waals surface area (Å²) in [5, 5.41) is 6.02. The van der Waals surface area contributed by atoms with Crippen molar-refractivity contribution in [2.45, 2.75) is 20.8 Å². The van der Waals surface area contributed by atoms with Crippen LogP contribution in [0.5, 0.6) is 0 Å². The van der Waals surface area contributed by atoms with Crippen molar-refractivity contribution in [3.8, 4) is 11.3 Å². The van der Waals surface area contributed by atoms with Gasteiger partial charge < -0.3 is 10.1 Å². The van der Waals surface area contributed by atoms with Crippen LogP contribution in [0, 0.1) is 19.8 Å². The highest BCUT2D eigenvalue weighted by Crippen LogP contribution is 2.26. The van der Waals surface area contributed by atoms with E-state index in [-0.39, 0.29) is 11.9 Å². The quantitative estimate of drug-likeness (QED) is 0.857. The lowest BCUT2D eigenvalue weighted by molar-refractivity contribution is -0.144. The van der Waals surface area contributed by atoms with Gasteiger partial charge in [0, 0.05) is 17.5 Å². The molecule has 4 nitrogen and oxygen atoms in total. The smallest absolute Gasteiger partial charge is 0.310 e. The molecule has 0 amide bonds. The fraction of sp³-hybridized carbons (Fsp3) is 0.375. The highest BCUT2D eigenvalue weighted by atomic mass is 32.1. The van der Waals surface area contributed by atoms with Crippen LogP contribution >= 0.6 is 11.3 Å². The summed E-state index contributed by atoms with van der Waals surface area (Å²) >= 11 is 1.54. The number of aromatic nitrogens is 1. The summed E-state index contributed by atoms with van der Waals surface area (Å²) in [6, 6.07) is 6.33. The number of hydrogen-bond donors (Lipinski definition) is 1. The van der Waals surface area contributed by atoms with E-state index in [1.165, 1.54) is 18.2 Å². The summed E-state index contributed by atoms with van der Waals surface area (Å²) < 4.78 is 4.70. The van der Waals surface area contributed by atoms with Crippen molar-refractivity contribution in [3.63, 3.8) is 0 Å². The fourth-order valence-electron chi connectivity index (χ4n) is 1.91. The number of ether oxygens (including phenoxy) is 1. The number of carbonyl (C=O) groups excluding carboxylic acids is 1. The molecule has 0 saturated heterocycles. The topological polar surface area (TPSA) is 51.2 Å². The van der Waals surface area contributed by atoms with E-state index in [1.54, 1.807) is 11.3 Å². The number of carbonyl (C=O) groups is 1. The van der Waals surface area contributed by atoms with Crippen molar-refractivity contribution in [1.29, 1.82) is 0 Å². The van der Waals surface area contributed by atoms with E-state index in [2.05, 4.69) is 42.3 Å². The van der Waals surface area contributed by atoms with Crippen LogP contribution in [-0.4, -0.2) is 24.6 Å². The molecule has 112 valence electrons. The lowest BCUT2D eigenvalue weighted by Crippen LogP contribution is -2.21. The van der Waals surface area contributed by atoms with Crippen LogP contribution in [0.25, 0.3) is 11.3 Å². The van der Waals surface area contributed by atoms with Gasteiger partial charge in [-0.15, -0.1) is 11.3 Å². The van der Waals surface area contributed by atoms with Gasteiger partial charge in [0.25, 0.3) is 0 Å². The van der Waals surface area contributed by atoms with E-state index in [9.17, 15) is 4.79 Å². The number of nitrogens with one attached hydrogen (secondary N) is 1. The van der Waals surface area contributed by atoms with E-state index in [0.717, 1.165) is 16.4 Å². The third kappa shape index (κ3) is 3.82. The Labute approximate surface area is 129 Å². The third-order valence-electron chi connectivity index (χ3n) is 3.47. The Morgan fingerprint density at radius 2 is 2.14 bits per heavy atom. The number of thiazole rings is 1. The van der Waals surface area contributed by atoms with E-state index in [0.29, 0.717) is 6.54 Å². The van der Waals surface area contributed by atoms with Gasteiger partial charge in [0.05, 0.1) is 18.7 Å². The van der Waals surface area contributed by atoms with Crippen molar-refractivity contribution in [1.82, 2.24) is 4.98 Å². The minimum Gasteiger partial charge on any atom is -0.469 e. The summed E-state index contributed by atoms with van der Waals surface area (Å²) in [5.41, 5.74) is 4.60. The fourth-order valence-corrected chi connectivity index (χ4v) is 2.64. The Morgan fingerprint density at radius 1 is 1.38 bits per heavy atom. The first-order chi connectivity index (χ1) is 10.0. The second-order valence-electron chi connectivity index (χ2n) is 5.14.